The van der Waals surface area contributed by atoms with Crippen LogP contribution in [0.5, 0.6) is 0 Å². The molecular weight excluding hydrogens is 106 g/mol. The molecule has 0 bridgehead atoms. The van der Waals surface area contributed by atoms with Gasteiger partial charge in [0.15, 0.2) is 0 Å². The molecule has 0 aliphatic rings. The smallest absolute Gasteiger partial charge is 0.00111 e. The van der Waals surface area contributed by atoms with Crippen molar-refractivity contribution in [2.75, 3.05) is 6.54 Å². The highest BCUT2D eigenvalue weighted by Crippen LogP contribution is 2.00. The third-order valence-corrected chi connectivity index (χ3v) is 1.08. The van der Waals surface area contributed by atoms with Crippen LogP contribution >= 0.6 is 12.6 Å². The first kappa shape index (κ1) is 7.31. The van der Waals surface area contributed by atoms with Gasteiger partial charge in [-0.1, -0.05) is 6.92 Å². The van der Waals surface area contributed by atoms with Crippen LogP contribution in [0.3, 0.4) is 0 Å². The summed E-state index contributed by atoms with van der Waals surface area (Å²) in [5.41, 5.74) is 5.24. The van der Waals surface area contributed by atoms with Gasteiger partial charge in [-0.05, 0) is 24.6 Å². The number of nitrogens with two attached hydrogens (primary N) is 1. The molecule has 44 valence electrons. The van der Waals surface area contributed by atoms with Crippen molar-refractivity contribution < 1.29 is 0 Å². The highest BCUT2D eigenvalue weighted by molar-refractivity contribution is 7.80. The van der Waals surface area contributed by atoms with Gasteiger partial charge in [-0.2, -0.15) is 12.6 Å². The van der Waals surface area contributed by atoms with E-state index in [1.54, 1.807) is 0 Å². The van der Waals surface area contributed by atoms with Crippen LogP contribution in [-0.4, -0.2) is 11.8 Å². The van der Waals surface area contributed by atoms with E-state index in [1.165, 1.54) is 0 Å². The van der Waals surface area contributed by atoms with E-state index in [2.05, 4.69) is 19.6 Å². The molecule has 0 saturated carbocycles. The molecule has 0 aromatic carbocycles. The molecular formula is C5H13NS. The van der Waals surface area contributed by atoms with E-state index in [4.69, 9.17) is 5.73 Å². The molecule has 0 unspecified atom stereocenters. The predicted octanol–water partition coefficient (Wildman–Crippen LogP) is 1.04. The van der Waals surface area contributed by atoms with Gasteiger partial charge in [0.25, 0.3) is 0 Å². The van der Waals surface area contributed by atoms with Crippen molar-refractivity contribution in [2.45, 2.75) is 25.0 Å². The first-order valence-electron chi connectivity index (χ1n) is 2.65. The lowest BCUT2D eigenvalue weighted by molar-refractivity contribution is 0.742. The molecule has 0 saturated heterocycles. The van der Waals surface area contributed by atoms with E-state index in [-0.39, 0.29) is 0 Å². The van der Waals surface area contributed by atoms with Crippen LogP contribution < -0.4 is 5.73 Å². The van der Waals surface area contributed by atoms with Crippen molar-refractivity contribution in [2.24, 2.45) is 5.73 Å². The molecule has 0 aliphatic carbocycles. The average Bonchev–Trinajstić information content (AvgIpc) is 1.61. The summed E-state index contributed by atoms with van der Waals surface area (Å²) in [7, 11) is 0. The van der Waals surface area contributed by atoms with Crippen LogP contribution in [0.15, 0.2) is 0 Å². The van der Waals surface area contributed by atoms with E-state index in [1.807, 2.05) is 0 Å². The van der Waals surface area contributed by atoms with Crippen molar-refractivity contribution in [1.82, 2.24) is 0 Å². The quantitative estimate of drug-likeness (QED) is 0.533. The second-order valence-corrected chi connectivity index (χ2v) is 2.66. The van der Waals surface area contributed by atoms with Crippen LogP contribution in [-0.2, 0) is 0 Å². The fourth-order valence-corrected chi connectivity index (χ4v) is 0.596. The minimum Gasteiger partial charge on any atom is -0.330 e. The van der Waals surface area contributed by atoms with Crippen molar-refractivity contribution in [1.29, 1.82) is 0 Å². The van der Waals surface area contributed by atoms with E-state index in [0.717, 1.165) is 19.4 Å². The maximum absolute atomic E-state index is 5.24. The Hall–Kier alpha value is 0.310. The van der Waals surface area contributed by atoms with Crippen molar-refractivity contribution in [3.8, 4) is 0 Å². The first-order valence-corrected chi connectivity index (χ1v) is 3.17. The van der Waals surface area contributed by atoms with Crippen LogP contribution in [0, 0.1) is 0 Å². The van der Waals surface area contributed by atoms with Gasteiger partial charge < -0.3 is 5.73 Å². The molecule has 0 fully saturated rings. The topological polar surface area (TPSA) is 26.0 Å². The molecule has 2 heteroatoms. The Labute approximate surface area is 50.7 Å². The maximum Gasteiger partial charge on any atom is -0.00111 e. The molecule has 0 heterocycles. The standard InChI is InChI=1S/C5H13NS/c1-5(7)3-2-4-6/h5,7H,2-4,6H2,1H3/t5-/m0/s1. The molecule has 0 rings (SSSR count). The van der Waals surface area contributed by atoms with Gasteiger partial charge in [0, 0.05) is 0 Å². The second kappa shape index (κ2) is 4.47. The van der Waals surface area contributed by atoms with Crippen molar-refractivity contribution in [3.63, 3.8) is 0 Å². The zero-order valence-corrected chi connectivity index (χ0v) is 5.62. The van der Waals surface area contributed by atoms with Gasteiger partial charge in [-0.3, -0.25) is 0 Å². The van der Waals surface area contributed by atoms with Crippen LogP contribution in [0.4, 0.5) is 0 Å². The largest absolute Gasteiger partial charge is 0.330 e. The molecule has 1 atom stereocenters. The second-order valence-electron chi connectivity index (χ2n) is 1.78. The Bertz CT molecular complexity index is 37.1. The molecule has 7 heavy (non-hydrogen) atoms. The van der Waals surface area contributed by atoms with Crippen LogP contribution in [0.1, 0.15) is 19.8 Å². The molecule has 0 spiro atoms. The normalized spacial score (nSPS) is 14.1. The van der Waals surface area contributed by atoms with Gasteiger partial charge in [-0.15, -0.1) is 0 Å². The zero-order valence-electron chi connectivity index (χ0n) is 4.72. The predicted molar refractivity (Wildman–Crippen MR) is 36.7 cm³/mol. The van der Waals surface area contributed by atoms with Gasteiger partial charge in [0.1, 0.15) is 0 Å². The summed E-state index contributed by atoms with van der Waals surface area (Å²) in [5, 5.41) is 0.517. The summed E-state index contributed by atoms with van der Waals surface area (Å²) in [4.78, 5) is 0. The van der Waals surface area contributed by atoms with Crippen molar-refractivity contribution >= 4 is 12.6 Å². The van der Waals surface area contributed by atoms with Crippen LogP contribution in [0.25, 0.3) is 0 Å². The molecule has 0 aromatic rings. The van der Waals surface area contributed by atoms with Gasteiger partial charge in [-0.25, -0.2) is 0 Å². The minimum absolute atomic E-state index is 0.517. The zero-order chi connectivity index (χ0) is 5.70. The Kier molecular flexibility index (Phi) is 4.67. The third kappa shape index (κ3) is 6.31. The Morgan fingerprint density at radius 2 is 2.29 bits per heavy atom. The van der Waals surface area contributed by atoms with Gasteiger partial charge in [0.2, 0.25) is 0 Å². The van der Waals surface area contributed by atoms with Crippen LogP contribution in [0.2, 0.25) is 0 Å². The third-order valence-electron chi connectivity index (χ3n) is 0.826. The Morgan fingerprint density at radius 3 is 2.43 bits per heavy atom. The summed E-state index contributed by atoms with van der Waals surface area (Å²) >= 11 is 4.18. The monoisotopic (exact) mass is 119 g/mol. The number of thiol groups is 1. The summed E-state index contributed by atoms with van der Waals surface area (Å²) in [6.07, 6.45) is 2.24. The Morgan fingerprint density at radius 1 is 1.71 bits per heavy atom. The fourth-order valence-electron chi connectivity index (χ4n) is 0.413. The highest BCUT2D eigenvalue weighted by Gasteiger charge is 1.89. The molecule has 0 aliphatic heterocycles. The first-order chi connectivity index (χ1) is 3.27. The van der Waals surface area contributed by atoms with E-state index in [0.29, 0.717) is 5.25 Å². The number of rotatable bonds is 3. The lowest BCUT2D eigenvalue weighted by Crippen LogP contribution is -2.01. The lowest BCUT2D eigenvalue weighted by atomic mass is 10.2. The van der Waals surface area contributed by atoms with E-state index >= 15 is 0 Å². The number of hydrogen-bond acceptors (Lipinski definition) is 2. The van der Waals surface area contributed by atoms with E-state index in [9.17, 15) is 0 Å². The van der Waals surface area contributed by atoms with E-state index < -0.39 is 0 Å². The SMILES string of the molecule is C[C@H](S)CCCN. The lowest BCUT2D eigenvalue weighted by Gasteiger charge is -1.98. The molecule has 0 radical (unpaired) electrons. The van der Waals surface area contributed by atoms with Gasteiger partial charge in [0.05, 0.1) is 0 Å². The summed E-state index contributed by atoms with van der Waals surface area (Å²) in [6, 6.07) is 0. The Balaban J connectivity index is 2.68. The molecule has 0 amide bonds. The highest BCUT2D eigenvalue weighted by atomic mass is 32.1. The summed E-state index contributed by atoms with van der Waals surface area (Å²) in [5.74, 6) is 0. The summed E-state index contributed by atoms with van der Waals surface area (Å²) < 4.78 is 0. The van der Waals surface area contributed by atoms with Gasteiger partial charge >= 0.3 is 0 Å². The fraction of sp³-hybridized carbons (Fsp3) is 1.00. The minimum atomic E-state index is 0.517. The molecule has 1 nitrogen and oxygen atoms in total. The summed E-state index contributed by atoms with van der Waals surface area (Å²) in [6.45, 7) is 2.88. The number of hydrogen-bond donors (Lipinski definition) is 2. The maximum atomic E-state index is 5.24. The molecule has 2 N–H and O–H groups in total. The van der Waals surface area contributed by atoms with Crippen molar-refractivity contribution in [3.05, 3.63) is 0 Å². The molecule has 0 aromatic heterocycles. The average molecular weight is 119 g/mol.